The standard InChI is InChI=1S/C19H25N3O3S/c1-24-12-17-10-21(9-15-2-7-26-13-15)14-19(17)3-5-22(6-4-19)18(23)16-8-20-25-11-16/h2,7-8,11,13,17H,3-6,9-10,12,14H2,1H3. The van der Waals surface area contributed by atoms with Gasteiger partial charge >= 0.3 is 0 Å². The zero-order valence-corrected chi connectivity index (χ0v) is 15.9. The first-order valence-corrected chi connectivity index (χ1v) is 10.1. The van der Waals surface area contributed by atoms with Crippen molar-refractivity contribution in [2.24, 2.45) is 11.3 Å². The van der Waals surface area contributed by atoms with Gasteiger partial charge in [-0.2, -0.15) is 11.3 Å². The fraction of sp³-hybridized carbons (Fsp3) is 0.579. The van der Waals surface area contributed by atoms with Crippen LogP contribution < -0.4 is 0 Å². The summed E-state index contributed by atoms with van der Waals surface area (Å²) in [4.78, 5) is 17.0. The summed E-state index contributed by atoms with van der Waals surface area (Å²) in [6.07, 6.45) is 4.98. The predicted octanol–water partition coefficient (Wildman–Crippen LogP) is 2.74. The number of nitrogens with zero attached hydrogens (tertiary/aromatic N) is 3. The molecule has 1 atom stereocenters. The second-order valence-electron chi connectivity index (χ2n) is 7.52. The van der Waals surface area contributed by atoms with Crippen molar-refractivity contribution in [1.29, 1.82) is 0 Å². The summed E-state index contributed by atoms with van der Waals surface area (Å²) in [6, 6.07) is 2.21. The van der Waals surface area contributed by atoms with Crippen LogP contribution in [0, 0.1) is 11.3 Å². The van der Waals surface area contributed by atoms with Gasteiger partial charge in [0.15, 0.2) is 0 Å². The SMILES string of the molecule is COCC1CN(Cc2ccsc2)CC12CCN(C(=O)c1cnoc1)CC2. The fourth-order valence-corrected chi connectivity index (χ4v) is 5.21. The molecule has 4 heterocycles. The van der Waals surface area contributed by atoms with E-state index in [1.54, 1.807) is 18.4 Å². The van der Waals surface area contributed by atoms with Gasteiger partial charge in [0, 0.05) is 45.8 Å². The second kappa shape index (κ2) is 7.50. The number of likely N-dealkylation sites (tertiary alicyclic amines) is 2. The minimum absolute atomic E-state index is 0.0255. The number of piperidine rings is 1. The molecule has 1 unspecified atom stereocenters. The first kappa shape index (κ1) is 17.7. The van der Waals surface area contributed by atoms with E-state index < -0.39 is 0 Å². The fourth-order valence-electron chi connectivity index (χ4n) is 4.55. The van der Waals surface area contributed by atoms with Gasteiger partial charge in [0.25, 0.3) is 5.91 Å². The zero-order valence-electron chi connectivity index (χ0n) is 15.1. The highest BCUT2D eigenvalue weighted by molar-refractivity contribution is 7.07. The molecule has 0 aliphatic carbocycles. The Morgan fingerprint density at radius 3 is 2.96 bits per heavy atom. The average Bonchev–Trinajstić information content (AvgIpc) is 3.39. The van der Waals surface area contributed by atoms with Crippen LogP contribution in [0.2, 0.25) is 0 Å². The summed E-state index contributed by atoms with van der Waals surface area (Å²) in [5.41, 5.74) is 2.18. The lowest BCUT2D eigenvalue weighted by Gasteiger charge is -2.42. The molecule has 1 amide bonds. The maximum atomic E-state index is 12.5. The molecule has 0 bridgehead atoms. The number of hydrogen-bond donors (Lipinski definition) is 0. The third-order valence-corrected chi connectivity index (χ3v) is 6.70. The normalized spacial score (nSPS) is 23.0. The Kier molecular flexibility index (Phi) is 5.11. The zero-order chi connectivity index (χ0) is 18.0. The number of ether oxygens (including phenoxy) is 1. The van der Waals surface area contributed by atoms with Gasteiger partial charge in [-0.25, -0.2) is 0 Å². The molecule has 2 fully saturated rings. The molecule has 0 radical (unpaired) electrons. The summed E-state index contributed by atoms with van der Waals surface area (Å²) < 4.78 is 10.4. The minimum atomic E-state index is 0.0255. The predicted molar refractivity (Wildman–Crippen MR) is 99.0 cm³/mol. The lowest BCUT2D eigenvalue weighted by atomic mass is 9.71. The third-order valence-electron chi connectivity index (χ3n) is 5.96. The quantitative estimate of drug-likeness (QED) is 0.804. The van der Waals surface area contributed by atoms with Crippen molar-refractivity contribution in [2.45, 2.75) is 19.4 Å². The van der Waals surface area contributed by atoms with Crippen molar-refractivity contribution < 1.29 is 14.1 Å². The molecule has 0 aromatic carbocycles. The van der Waals surface area contributed by atoms with E-state index in [0.29, 0.717) is 11.5 Å². The van der Waals surface area contributed by atoms with Gasteiger partial charge in [0.1, 0.15) is 6.26 Å². The summed E-state index contributed by atoms with van der Waals surface area (Å²) in [5, 5.41) is 8.02. The molecule has 2 aliphatic rings. The number of amides is 1. The van der Waals surface area contributed by atoms with Gasteiger partial charge in [0.05, 0.1) is 18.4 Å². The number of aromatic nitrogens is 1. The summed E-state index contributed by atoms with van der Waals surface area (Å²) in [6.45, 7) is 5.54. The highest BCUT2D eigenvalue weighted by Gasteiger charge is 2.48. The molecule has 2 saturated heterocycles. The monoisotopic (exact) mass is 375 g/mol. The second-order valence-corrected chi connectivity index (χ2v) is 8.30. The van der Waals surface area contributed by atoms with Crippen LogP contribution in [0.4, 0.5) is 0 Å². The summed E-state index contributed by atoms with van der Waals surface area (Å²) >= 11 is 1.75. The van der Waals surface area contributed by atoms with Crippen molar-refractivity contribution in [3.8, 4) is 0 Å². The number of rotatable bonds is 5. The Bertz CT molecular complexity index is 708. The highest BCUT2D eigenvalue weighted by Crippen LogP contribution is 2.45. The van der Waals surface area contributed by atoms with E-state index in [4.69, 9.17) is 9.26 Å². The van der Waals surface area contributed by atoms with E-state index in [-0.39, 0.29) is 11.3 Å². The van der Waals surface area contributed by atoms with Crippen molar-refractivity contribution in [1.82, 2.24) is 15.0 Å². The van der Waals surface area contributed by atoms with Crippen LogP contribution in [0.3, 0.4) is 0 Å². The molecule has 1 spiro atoms. The van der Waals surface area contributed by atoms with Gasteiger partial charge < -0.3 is 14.2 Å². The van der Waals surface area contributed by atoms with Crippen LogP contribution in [-0.2, 0) is 11.3 Å². The van der Waals surface area contributed by atoms with E-state index in [1.807, 2.05) is 4.90 Å². The van der Waals surface area contributed by atoms with E-state index in [2.05, 4.69) is 26.9 Å². The molecule has 26 heavy (non-hydrogen) atoms. The maximum Gasteiger partial charge on any atom is 0.258 e. The lowest BCUT2D eigenvalue weighted by molar-refractivity contribution is 0.0322. The summed E-state index contributed by atoms with van der Waals surface area (Å²) in [7, 11) is 1.79. The summed E-state index contributed by atoms with van der Waals surface area (Å²) in [5.74, 6) is 0.552. The Balaban J connectivity index is 1.42. The molecule has 2 aromatic heterocycles. The third kappa shape index (κ3) is 3.43. The molecule has 6 nitrogen and oxygen atoms in total. The largest absolute Gasteiger partial charge is 0.384 e. The van der Waals surface area contributed by atoms with E-state index in [0.717, 1.165) is 52.2 Å². The lowest BCUT2D eigenvalue weighted by Crippen LogP contribution is -2.47. The van der Waals surface area contributed by atoms with Crippen molar-refractivity contribution in [2.75, 3.05) is 39.9 Å². The Morgan fingerprint density at radius 2 is 2.31 bits per heavy atom. The van der Waals surface area contributed by atoms with E-state index in [1.165, 1.54) is 18.0 Å². The van der Waals surface area contributed by atoms with Crippen molar-refractivity contribution >= 4 is 17.2 Å². The van der Waals surface area contributed by atoms with Gasteiger partial charge in [-0.05, 0) is 40.6 Å². The molecular formula is C19H25N3O3S. The topological polar surface area (TPSA) is 58.8 Å². The van der Waals surface area contributed by atoms with Gasteiger partial charge in [0.2, 0.25) is 0 Å². The van der Waals surface area contributed by atoms with Crippen LogP contribution in [-0.4, -0.2) is 60.8 Å². The molecule has 4 rings (SSSR count). The number of methoxy groups -OCH3 is 1. The molecule has 2 aromatic rings. The number of hydrogen-bond acceptors (Lipinski definition) is 6. The smallest absolute Gasteiger partial charge is 0.258 e. The molecule has 0 saturated carbocycles. The number of carbonyl (C=O) groups excluding carboxylic acids is 1. The Hall–Kier alpha value is -1.70. The first-order valence-electron chi connectivity index (χ1n) is 9.11. The molecule has 7 heteroatoms. The van der Waals surface area contributed by atoms with Crippen LogP contribution in [0.25, 0.3) is 0 Å². The molecular weight excluding hydrogens is 350 g/mol. The van der Waals surface area contributed by atoms with Crippen LogP contribution in [0.1, 0.15) is 28.8 Å². The van der Waals surface area contributed by atoms with E-state index >= 15 is 0 Å². The number of carbonyl (C=O) groups is 1. The Labute approximate surface area is 157 Å². The van der Waals surface area contributed by atoms with Gasteiger partial charge in [-0.3, -0.25) is 9.69 Å². The van der Waals surface area contributed by atoms with E-state index in [9.17, 15) is 4.79 Å². The van der Waals surface area contributed by atoms with Gasteiger partial charge in [-0.15, -0.1) is 0 Å². The van der Waals surface area contributed by atoms with Crippen LogP contribution in [0.5, 0.6) is 0 Å². The number of thiophene rings is 1. The first-order chi connectivity index (χ1) is 12.7. The van der Waals surface area contributed by atoms with Crippen molar-refractivity contribution in [3.63, 3.8) is 0 Å². The van der Waals surface area contributed by atoms with Crippen molar-refractivity contribution in [3.05, 3.63) is 40.4 Å². The molecule has 140 valence electrons. The van der Waals surface area contributed by atoms with Gasteiger partial charge in [-0.1, -0.05) is 5.16 Å². The van der Waals surface area contributed by atoms with Crippen LogP contribution in [0.15, 0.2) is 33.8 Å². The Morgan fingerprint density at radius 1 is 1.46 bits per heavy atom. The molecule has 2 aliphatic heterocycles. The highest BCUT2D eigenvalue weighted by atomic mass is 32.1. The average molecular weight is 375 g/mol. The maximum absolute atomic E-state index is 12.5. The molecule has 0 N–H and O–H groups in total. The van der Waals surface area contributed by atoms with Crippen LogP contribution >= 0.6 is 11.3 Å². The minimum Gasteiger partial charge on any atom is -0.384 e.